The zero-order chi connectivity index (χ0) is 14.9. The predicted molar refractivity (Wildman–Crippen MR) is 79.0 cm³/mol. The summed E-state index contributed by atoms with van der Waals surface area (Å²) in [5, 5.41) is 5.38. The quantitative estimate of drug-likeness (QED) is 0.805. The van der Waals surface area contributed by atoms with Gasteiger partial charge in [0.15, 0.2) is 0 Å². The van der Waals surface area contributed by atoms with Crippen LogP contribution in [0.4, 0.5) is 0 Å². The van der Waals surface area contributed by atoms with Gasteiger partial charge in [0, 0.05) is 5.02 Å². The number of hydrogen-bond acceptors (Lipinski definition) is 3. The van der Waals surface area contributed by atoms with Crippen LogP contribution >= 0.6 is 23.2 Å². The molecule has 106 valence electrons. The maximum atomic E-state index is 11.9. The molecule has 0 radical (unpaired) electrons. The predicted octanol–water partition coefficient (Wildman–Crippen LogP) is 3.97. The van der Waals surface area contributed by atoms with E-state index < -0.39 is 0 Å². The summed E-state index contributed by atoms with van der Waals surface area (Å²) in [6.07, 6.45) is 0. The fourth-order valence-electron chi connectivity index (χ4n) is 2.03. The number of nitrogens with zero attached hydrogens (tertiary/aromatic N) is 2. The minimum absolute atomic E-state index is 0.324. The first-order chi connectivity index (χ1) is 9.45. The summed E-state index contributed by atoms with van der Waals surface area (Å²) in [5.74, 6) is -0.376. The van der Waals surface area contributed by atoms with Crippen molar-refractivity contribution in [3.63, 3.8) is 0 Å². The molecular weight excluding hydrogens is 299 g/mol. The van der Waals surface area contributed by atoms with E-state index in [2.05, 4.69) is 5.10 Å². The minimum Gasteiger partial charge on any atom is -0.462 e. The van der Waals surface area contributed by atoms with Crippen LogP contribution in [-0.2, 0) is 4.74 Å². The second-order valence-electron chi connectivity index (χ2n) is 4.27. The Bertz CT molecular complexity index is 665. The topological polar surface area (TPSA) is 44.1 Å². The summed E-state index contributed by atoms with van der Waals surface area (Å²) in [4.78, 5) is 11.9. The lowest BCUT2D eigenvalue weighted by Crippen LogP contribution is -2.08. The van der Waals surface area contributed by atoms with E-state index in [0.717, 1.165) is 0 Å². The van der Waals surface area contributed by atoms with Crippen molar-refractivity contribution in [2.75, 3.05) is 6.61 Å². The van der Waals surface area contributed by atoms with E-state index in [-0.39, 0.29) is 5.97 Å². The first-order valence-corrected chi connectivity index (χ1v) is 6.90. The normalized spacial score (nSPS) is 10.7. The Morgan fingerprint density at radius 2 is 2.05 bits per heavy atom. The summed E-state index contributed by atoms with van der Waals surface area (Å²) in [5.41, 5.74) is 2.43. The molecule has 2 rings (SSSR count). The molecule has 1 aromatic carbocycles. The highest BCUT2D eigenvalue weighted by molar-refractivity contribution is 6.35. The van der Waals surface area contributed by atoms with E-state index in [1.54, 1.807) is 43.7 Å². The molecule has 0 N–H and O–H groups in total. The average Bonchev–Trinajstić information content (AvgIpc) is 2.65. The van der Waals surface area contributed by atoms with Gasteiger partial charge in [0.25, 0.3) is 0 Å². The maximum absolute atomic E-state index is 11.9. The lowest BCUT2D eigenvalue weighted by atomic mass is 10.2. The third-order valence-corrected chi connectivity index (χ3v) is 3.45. The zero-order valence-electron chi connectivity index (χ0n) is 11.4. The van der Waals surface area contributed by atoms with E-state index in [9.17, 15) is 4.79 Å². The first kappa shape index (κ1) is 14.9. The standard InChI is InChI=1S/C14H14Cl2N2O2/c1-4-20-14(19)13-8(2)17-18(9(13)3)12-6-5-10(15)7-11(12)16/h5-7H,4H2,1-3H3. The highest BCUT2D eigenvalue weighted by atomic mass is 35.5. The highest BCUT2D eigenvalue weighted by Gasteiger charge is 2.21. The number of aryl methyl sites for hydroxylation is 1. The fourth-order valence-corrected chi connectivity index (χ4v) is 2.52. The van der Waals surface area contributed by atoms with Crippen molar-refractivity contribution < 1.29 is 9.53 Å². The summed E-state index contributed by atoms with van der Waals surface area (Å²) >= 11 is 12.1. The van der Waals surface area contributed by atoms with Crippen molar-refractivity contribution in [3.8, 4) is 5.69 Å². The number of hydrogen-bond donors (Lipinski definition) is 0. The van der Waals surface area contributed by atoms with Crippen molar-refractivity contribution in [1.29, 1.82) is 0 Å². The third kappa shape index (κ3) is 2.67. The molecule has 0 aliphatic carbocycles. The van der Waals surface area contributed by atoms with Crippen molar-refractivity contribution in [2.45, 2.75) is 20.8 Å². The molecule has 0 saturated carbocycles. The van der Waals surface area contributed by atoms with Gasteiger partial charge >= 0.3 is 5.97 Å². The Kier molecular flexibility index (Phi) is 4.35. The van der Waals surface area contributed by atoms with Gasteiger partial charge in [-0.05, 0) is 39.0 Å². The first-order valence-electron chi connectivity index (χ1n) is 6.14. The molecule has 0 aliphatic rings. The number of benzene rings is 1. The van der Waals surface area contributed by atoms with Crippen molar-refractivity contribution >= 4 is 29.2 Å². The van der Waals surface area contributed by atoms with Crippen LogP contribution in [-0.4, -0.2) is 22.4 Å². The average molecular weight is 313 g/mol. The second kappa shape index (κ2) is 5.85. The van der Waals surface area contributed by atoms with E-state index in [0.29, 0.717) is 39.3 Å². The van der Waals surface area contributed by atoms with Crippen LogP contribution in [0.2, 0.25) is 10.0 Å². The van der Waals surface area contributed by atoms with E-state index in [4.69, 9.17) is 27.9 Å². The van der Waals surface area contributed by atoms with E-state index in [1.807, 2.05) is 0 Å². The lowest BCUT2D eigenvalue weighted by molar-refractivity contribution is 0.0524. The molecule has 0 spiro atoms. The summed E-state index contributed by atoms with van der Waals surface area (Å²) in [6.45, 7) is 5.66. The molecule has 1 heterocycles. The van der Waals surface area contributed by atoms with Crippen LogP contribution < -0.4 is 0 Å². The molecule has 0 bridgehead atoms. The van der Waals surface area contributed by atoms with Crippen molar-refractivity contribution in [3.05, 3.63) is 45.2 Å². The number of rotatable bonds is 3. The molecule has 0 amide bonds. The molecule has 0 saturated heterocycles. The Hall–Kier alpha value is -1.52. The molecule has 0 fully saturated rings. The summed E-state index contributed by atoms with van der Waals surface area (Å²) < 4.78 is 6.67. The largest absolute Gasteiger partial charge is 0.462 e. The summed E-state index contributed by atoms with van der Waals surface area (Å²) in [6, 6.07) is 5.13. The maximum Gasteiger partial charge on any atom is 0.341 e. The fraction of sp³-hybridized carbons (Fsp3) is 0.286. The molecule has 2 aromatic rings. The van der Waals surface area contributed by atoms with Gasteiger partial charge in [-0.15, -0.1) is 0 Å². The number of aromatic nitrogens is 2. The number of carbonyl (C=O) groups is 1. The molecule has 1 aromatic heterocycles. The van der Waals surface area contributed by atoms with Gasteiger partial charge in [0.2, 0.25) is 0 Å². The van der Waals surface area contributed by atoms with Crippen LogP contribution in [0, 0.1) is 13.8 Å². The van der Waals surface area contributed by atoms with Crippen LogP contribution in [0.5, 0.6) is 0 Å². The molecule has 0 atom stereocenters. The van der Waals surface area contributed by atoms with Crippen molar-refractivity contribution in [1.82, 2.24) is 9.78 Å². The van der Waals surface area contributed by atoms with Gasteiger partial charge in [0.05, 0.1) is 28.7 Å². The van der Waals surface area contributed by atoms with Crippen LogP contribution in [0.15, 0.2) is 18.2 Å². The lowest BCUT2D eigenvalue weighted by Gasteiger charge is -2.07. The molecule has 4 nitrogen and oxygen atoms in total. The minimum atomic E-state index is -0.376. The van der Waals surface area contributed by atoms with Gasteiger partial charge in [-0.3, -0.25) is 0 Å². The highest BCUT2D eigenvalue weighted by Crippen LogP contribution is 2.27. The van der Waals surface area contributed by atoms with Crippen molar-refractivity contribution in [2.24, 2.45) is 0 Å². The number of ether oxygens (including phenoxy) is 1. The van der Waals surface area contributed by atoms with E-state index >= 15 is 0 Å². The van der Waals surface area contributed by atoms with Crippen LogP contribution in [0.3, 0.4) is 0 Å². The monoisotopic (exact) mass is 312 g/mol. The van der Waals surface area contributed by atoms with Gasteiger partial charge in [-0.1, -0.05) is 23.2 Å². The van der Waals surface area contributed by atoms with Gasteiger partial charge < -0.3 is 4.74 Å². The molecule has 0 aliphatic heterocycles. The number of esters is 1. The summed E-state index contributed by atoms with van der Waals surface area (Å²) in [7, 11) is 0. The Balaban J connectivity index is 2.54. The zero-order valence-corrected chi connectivity index (χ0v) is 12.9. The Morgan fingerprint density at radius 3 is 2.65 bits per heavy atom. The van der Waals surface area contributed by atoms with Gasteiger partial charge in [0.1, 0.15) is 5.56 Å². The van der Waals surface area contributed by atoms with Crippen LogP contribution in [0.25, 0.3) is 5.69 Å². The second-order valence-corrected chi connectivity index (χ2v) is 5.12. The van der Waals surface area contributed by atoms with E-state index in [1.165, 1.54) is 0 Å². The van der Waals surface area contributed by atoms with Gasteiger partial charge in [-0.2, -0.15) is 5.10 Å². The molecule has 0 unspecified atom stereocenters. The number of carbonyl (C=O) groups excluding carboxylic acids is 1. The van der Waals surface area contributed by atoms with Crippen LogP contribution in [0.1, 0.15) is 28.7 Å². The molecule has 6 heteroatoms. The smallest absolute Gasteiger partial charge is 0.341 e. The molecular formula is C14H14Cl2N2O2. The molecule has 20 heavy (non-hydrogen) atoms. The SMILES string of the molecule is CCOC(=O)c1c(C)nn(-c2ccc(Cl)cc2Cl)c1C. The third-order valence-electron chi connectivity index (χ3n) is 2.91. The number of halogens is 2. The Morgan fingerprint density at radius 1 is 1.35 bits per heavy atom. The van der Waals surface area contributed by atoms with Gasteiger partial charge in [-0.25, -0.2) is 9.48 Å². The Labute approximate surface area is 127 Å².